The van der Waals surface area contributed by atoms with Gasteiger partial charge in [0.2, 0.25) is 5.91 Å². The fourth-order valence-corrected chi connectivity index (χ4v) is 5.87. The Bertz CT molecular complexity index is 1330. The fourth-order valence-electron chi connectivity index (χ4n) is 5.07. The standard InChI is InChI=1S/C27H26BrN3O2S/c1-15-6-5-7-19(13-15)31-26(34)30-24-20-14-18(28)9-11-22(20)33-27(31,4)23(24)25(32)29-21-10-8-16(2)12-17(21)3/h5-14,23-24H,1-4H3,(H,29,32)(H,30,34)/t23-,24+,27-/m0/s1. The quantitative estimate of drug-likeness (QED) is 0.392. The van der Waals surface area contributed by atoms with Crippen molar-refractivity contribution < 1.29 is 9.53 Å². The maximum atomic E-state index is 14.0. The van der Waals surface area contributed by atoms with E-state index in [1.54, 1.807) is 0 Å². The number of carbonyl (C=O) groups excluding carboxylic acids is 1. The topological polar surface area (TPSA) is 53.6 Å². The van der Waals surface area contributed by atoms with E-state index in [4.69, 9.17) is 17.0 Å². The van der Waals surface area contributed by atoms with Crippen LogP contribution in [-0.2, 0) is 4.79 Å². The van der Waals surface area contributed by atoms with Crippen LogP contribution in [0.25, 0.3) is 0 Å². The van der Waals surface area contributed by atoms with Crippen molar-refractivity contribution in [1.82, 2.24) is 5.32 Å². The average molecular weight is 536 g/mol. The molecule has 0 aromatic heterocycles. The summed E-state index contributed by atoms with van der Waals surface area (Å²) in [5.41, 5.74) is 4.80. The number of benzene rings is 3. The lowest BCUT2D eigenvalue weighted by Gasteiger charge is -2.56. The minimum absolute atomic E-state index is 0.127. The molecule has 7 heteroatoms. The Morgan fingerprint density at radius 2 is 1.85 bits per heavy atom. The van der Waals surface area contributed by atoms with E-state index in [-0.39, 0.29) is 11.9 Å². The van der Waals surface area contributed by atoms with Crippen molar-refractivity contribution >= 4 is 50.5 Å². The van der Waals surface area contributed by atoms with Crippen molar-refractivity contribution in [3.05, 3.63) is 87.4 Å². The molecule has 0 radical (unpaired) electrons. The van der Waals surface area contributed by atoms with Crippen LogP contribution in [0.1, 0.15) is 35.2 Å². The number of amides is 1. The average Bonchev–Trinajstić information content (AvgIpc) is 2.76. The maximum Gasteiger partial charge on any atom is 0.236 e. The van der Waals surface area contributed by atoms with Crippen molar-refractivity contribution in [2.24, 2.45) is 5.92 Å². The van der Waals surface area contributed by atoms with Crippen LogP contribution in [0.5, 0.6) is 5.75 Å². The van der Waals surface area contributed by atoms with Gasteiger partial charge in [0, 0.05) is 21.4 Å². The van der Waals surface area contributed by atoms with E-state index in [2.05, 4.69) is 38.7 Å². The van der Waals surface area contributed by atoms with Gasteiger partial charge in [0.05, 0.1) is 6.04 Å². The van der Waals surface area contributed by atoms with Gasteiger partial charge in [0.1, 0.15) is 11.7 Å². The Balaban J connectivity index is 1.63. The number of hydrogen-bond donors (Lipinski definition) is 2. The van der Waals surface area contributed by atoms with E-state index >= 15 is 0 Å². The number of ether oxygens (including phenoxy) is 1. The van der Waals surface area contributed by atoms with E-state index in [0.717, 1.165) is 43.9 Å². The molecule has 2 bridgehead atoms. The van der Waals surface area contributed by atoms with Gasteiger partial charge in [0.15, 0.2) is 10.8 Å². The molecule has 0 saturated carbocycles. The fraction of sp³-hybridized carbons (Fsp3) is 0.259. The summed E-state index contributed by atoms with van der Waals surface area (Å²) < 4.78 is 7.58. The molecule has 3 atom stereocenters. The molecule has 3 aromatic rings. The van der Waals surface area contributed by atoms with Crippen LogP contribution in [0.3, 0.4) is 0 Å². The predicted molar refractivity (Wildman–Crippen MR) is 143 cm³/mol. The van der Waals surface area contributed by atoms with Gasteiger partial charge in [-0.3, -0.25) is 9.69 Å². The first-order valence-corrected chi connectivity index (χ1v) is 12.4. The lowest BCUT2D eigenvalue weighted by Crippen LogP contribution is -2.72. The van der Waals surface area contributed by atoms with Crippen molar-refractivity contribution in [1.29, 1.82) is 0 Å². The number of aryl methyl sites for hydroxylation is 3. The summed E-state index contributed by atoms with van der Waals surface area (Å²) in [5.74, 6) is 0.0267. The summed E-state index contributed by atoms with van der Waals surface area (Å²) in [6.45, 7) is 8.03. The first kappa shape index (κ1) is 22.9. The molecular weight excluding hydrogens is 510 g/mol. The van der Waals surface area contributed by atoms with E-state index < -0.39 is 11.6 Å². The van der Waals surface area contributed by atoms with Gasteiger partial charge < -0.3 is 15.4 Å². The van der Waals surface area contributed by atoms with Crippen molar-refractivity contribution in [2.75, 3.05) is 10.2 Å². The summed E-state index contributed by atoms with van der Waals surface area (Å²) in [4.78, 5) is 15.9. The van der Waals surface area contributed by atoms with Crippen LogP contribution in [0, 0.1) is 26.7 Å². The zero-order valence-corrected chi connectivity index (χ0v) is 21.9. The minimum Gasteiger partial charge on any atom is -0.467 e. The third-order valence-corrected chi connectivity index (χ3v) is 7.44. The number of carbonyl (C=O) groups is 1. The molecule has 5 rings (SSSR count). The van der Waals surface area contributed by atoms with Crippen LogP contribution in [0.4, 0.5) is 11.4 Å². The molecule has 3 aromatic carbocycles. The molecule has 1 saturated heterocycles. The molecule has 2 aliphatic heterocycles. The van der Waals surface area contributed by atoms with Crippen molar-refractivity contribution in [2.45, 2.75) is 39.5 Å². The lowest BCUT2D eigenvalue weighted by molar-refractivity contribution is -0.130. The van der Waals surface area contributed by atoms with Crippen LogP contribution in [-0.4, -0.2) is 16.7 Å². The summed E-state index contributed by atoms with van der Waals surface area (Å²) in [6, 6.07) is 19.6. The van der Waals surface area contributed by atoms with Gasteiger partial charge in [0.25, 0.3) is 0 Å². The van der Waals surface area contributed by atoms with Crippen LogP contribution >= 0.6 is 28.1 Å². The summed E-state index contributed by atoms with van der Waals surface area (Å²) in [5, 5.41) is 7.15. The number of thiocarbonyl (C=S) groups is 1. The second-order valence-corrected chi connectivity index (χ2v) is 10.5. The van der Waals surface area contributed by atoms with E-state index in [9.17, 15) is 4.79 Å². The number of rotatable bonds is 3. The highest BCUT2D eigenvalue weighted by atomic mass is 79.9. The number of anilines is 2. The second-order valence-electron chi connectivity index (χ2n) is 9.23. The number of nitrogens with one attached hydrogen (secondary N) is 2. The summed E-state index contributed by atoms with van der Waals surface area (Å²) >= 11 is 9.40. The Morgan fingerprint density at radius 1 is 1.09 bits per heavy atom. The number of hydrogen-bond acceptors (Lipinski definition) is 3. The molecule has 1 amide bonds. The Kier molecular flexibility index (Phi) is 5.65. The normalized spacial score (nSPS) is 23.0. The molecule has 0 aliphatic carbocycles. The maximum absolute atomic E-state index is 14.0. The molecule has 5 nitrogen and oxygen atoms in total. The highest BCUT2D eigenvalue weighted by Crippen LogP contribution is 2.50. The Morgan fingerprint density at radius 3 is 2.59 bits per heavy atom. The third-order valence-electron chi connectivity index (χ3n) is 6.64. The lowest BCUT2D eigenvalue weighted by atomic mass is 9.78. The monoisotopic (exact) mass is 535 g/mol. The van der Waals surface area contributed by atoms with Crippen molar-refractivity contribution in [3.63, 3.8) is 0 Å². The van der Waals surface area contributed by atoms with E-state index in [1.807, 2.05) is 81.1 Å². The van der Waals surface area contributed by atoms with E-state index in [0.29, 0.717) is 5.11 Å². The molecule has 0 spiro atoms. The second kappa shape index (κ2) is 8.40. The van der Waals surface area contributed by atoms with Gasteiger partial charge in [-0.25, -0.2) is 0 Å². The van der Waals surface area contributed by atoms with Gasteiger partial charge in [-0.05, 0) is 87.4 Å². The highest BCUT2D eigenvalue weighted by molar-refractivity contribution is 9.10. The Hall–Kier alpha value is -2.90. The highest BCUT2D eigenvalue weighted by Gasteiger charge is 2.59. The van der Waals surface area contributed by atoms with E-state index in [1.165, 1.54) is 0 Å². The van der Waals surface area contributed by atoms with Gasteiger partial charge >= 0.3 is 0 Å². The molecule has 0 unspecified atom stereocenters. The van der Waals surface area contributed by atoms with Crippen LogP contribution < -0.4 is 20.3 Å². The predicted octanol–water partition coefficient (Wildman–Crippen LogP) is 6.17. The van der Waals surface area contributed by atoms with Crippen LogP contribution in [0.2, 0.25) is 0 Å². The summed E-state index contributed by atoms with van der Waals surface area (Å²) in [7, 11) is 0. The van der Waals surface area contributed by atoms with Gasteiger partial charge in [-0.2, -0.15) is 0 Å². The number of nitrogens with zero attached hydrogens (tertiary/aromatic N) is 1. The molecular formula is C27H26BrN3O2S. The zero-order valence-electron chi connectivity index (χ0n) is 19.5. The van der Waals surface area contributed by atoms with Crippen LogP contribution in [0.15, 0.2) is 65.1 Å². The molecule has 2 heterocycles. The molecule has 2 aliphatic rings. The largest absolute Gasteiger partial charge is 0.467 e. The first-order valence-electron chi connectivity index (χ1n) is 11.2. The molecule has 2 N–H and O–H groups in total. The molecule has 174 valence electrons. The number of halogens is 1. The third kappa shape index (κ3) is 3.77. The molecule has 1 fully saturated rings. The van der Waals surface area contributed by atoms with Gasteiger partial charge in [-0.15, -0.1) is 0 Å². The Labute approximate surface area is 213 Å². The van der Waals surface area contributed by atoms with Gasteiger partial charge in [-0.1, -0.05) is 45.8 Å². The van der Waals surface area contributed by atoms with Crippen molar-refractivity contribution in [3.8, 4) is 5.75 Å². The smallest absolute Gasteiger partial charge is 0.236 e. The SMILES string of the molecule is Cc1cccc(N2C(=S)N[C@@H]3c4cc(Br)ccc4O[C@@]2(C)[C@@H]3C(=O)Nc2ccc(C)cc2C)c1. The first-order chi connectivity index (χ1) is 16.2. The molecule has 34 heavy (non-hydrogen) atoms. The zero-order chi connectivity index (χ0) is 24.2. The summed E-state index contributed by atoms with van der Waals surface area (Å²) in [6.07, 6.45) is 0. The number of fused-ring (bicyclic) bond motifs is 4. The minimum atomic E-state index is -1.04.